The van der Waals surface area contributed by atoms with Gasteiger partial charge in [-0.05, 0) is 114 Å². The third-order valence-electron chi connectivity index (χ3n) is 10.8. The first-order chi connectivity index (χ1) is 26.0. The molecule has 11 heteroatoms. The van der Waals surface area contributed by atoms with Crippen molar-refractivity contribution in [3.05, 3.63) is 104 Å². The molecule has 0 saturated carbocycles. The maximum atomic E-state index is 13.7. The predicted molar refractivity (Wildman–Crippen MR) is 225 cm³/mol. The molecule has 298 valence electrons. The van der Waals surface area contributed by atoms with Crippen LogP contribution in [0.1, 0.15) is 111 Å². The van der Waals surface area contributed by atoms with Gasteiger partial charge in [0.05, 0.1) is 11.1 Å². The molecular weight excluding hydrogens is 753 g/mol. The Kier molecular flexibility index (Phi) is 14.1. The van der Waals surface area contributed by atoms with Gasteiger partial charge < -0.3 is 14.9 Å². The van der Waals surface area contributed by atoms with E-state index in [1.165, 1.54) is 22.5 Å². The number of hydrogen-bond donors (Lipinski definition) is 0. The number of hydrogen-bond acceptors (Lipinski definition) is 7. The highest BCUT2D eigenvalue weighted by molar-refractivity contribution is 7.94. The van der Waals surface area contributed by atoms with Crippen molar-refractivity contribution in [2.75, 3.05) is 30.8 Å². The molecule has 0 N–H and O–H groups in total. The standard InChI is InChI=1S/C44H57Cl2N3O5S/c1-10-11-12-25-48-36-28-32(45)19-21-34(36)43(5,6)38(48)23-17-30-15-16-31(40(30)47(9)41(50)52-42(2,3)4)18-24-39-44(7,8)35-22-20-33(46)29-37(35)49(39)26-13-14-27-55-54-53-51/h17-24,28-29H,10-16,25-27H2,1-9H3. The van der Waals surface area contributed by atoms with Crippen LogP contribution in [0.15, 0.2) is 83.2 Å². The van der Waals surface area contributed by atoms with Crippen molar-refractivity contribution in [3.63, 3.8) is 0 Å². The summed E-state index contributed by atoms with van der Waals surface area (Å²) in [5, 5.41) is 15.1. The molecule has 2 heterocycles. The van der Waals surface area contributed by atoms with Crippen molar-refractivity contribution >= 4 is 58.4 Å². The van der Waals surface area contributed by atoms with Gasteiger partial charge in [0, 0.05) is 82.4 Å². The molecule has 0 saturated heterocycles. The fourth-order valence-corrected chi connectivity index (χ4v) is 8.82. The Morgan fingerprint density at radius 1 is 0.964 bits per heavy atom. The molecule has 8 nitrogen and oxygen atoms in total. The van der Waals surface area contributed by atoms with E-state index in [-0.39, 0.29) is 16.9 Å². The van der Waals surface area contributed by atoms with E-state index in [1.807, 2.05) is 46.0 Å². The first-order valence-electron chi connectivity index (χ1n) is 19.4. The van der Waals surface area contributed by atoms with Gasteiger partial charge in [0.25, 0.3) is 0 Å². The first-order valence-corrected chi connectivity index (χ1v) is 21.1. The van der Waals surface area contributed by atoms with Gasteiger partial charge in [-0.2, -0.15) is 8.91 Å². The molecule has 2 aromatic rings. The van der Waals surface area contributed by atoms with Crippen LogP contribution in [-0.2, 0) is 24.9 Å². The lowest BCUT2D eigenvalue weighted by atomic mass is 9.81. The van der Waals surface area contributed by atoms with Crippen molar-refractivity contribution in [3.8, 4) is 0 Å². The average molecular weight is 811 g/mol. The molecule has 5 rings (SSSR count). The molecule has 3 aliphatic rings. The van der Waals surface area contributed by atoms with Crippen LogP contribution >= 0.6 is 35.2 Å². The summed E-state index contributed by atoms with van der Waals surface area (Å²) in [6, 6.07) is 12.3. The highest BCUT2D eigenvalue weighted by atomic mass is 35.5. The van der Waals surface area contributed by atoms with E-state index in [0.717, 1.165) is 103 Å². The second kappa shape index (κ2) is 18.0. The van der Waals surface area contributed by atoms with E-state index in [0.29, 0.717) is 10.8 Å². The summed E-state index contributed by atoms with van der Waals surface area (Å²) in [5.74, 6) is 0.638. The van der Waals surface area contributed by atoms with Gasteiger partial charge in [-0.3, -0.25) is 9.94 Å². The summed E-state index contributed by atoms with van der Waals surface area (Å²) in [6.07, 6.45) is 15.1. The molecule has 0 spiro atoms. The molecule has 1 amide bonds. The SMILES string of the molecule is CCCCC[N+]1=C(C=CC2=C(N(C)C(=O)OC(C)(C)C)C(=CC=C3N(CCCCSOO[O-])c4cc(Cl)ccc4C3(C)C)CC2)C(C)(C)c2ccc(Cl)cc21. The second-order valence-corrected chi connectivity index (χ2v) is 18.3. The number of anilines is 1. The predicted octanol–water partition coefficient (Wildman–Crippen LogP) is 11.3. The number of halogens is 2. The van der Waals surface area contributed by atoms with Gasteiger partial charge >= 0.3 is 6.09 Å². The zero-order chi connectivity index (χ0) is 40.1. The minimum absolute atomic E-state index is 0.229. The van der Waals surface area contributed by atoms with E-state index in [4.69, 9.17) is 27.9 Å². The van der Waals surface area contributed by atoms with Gasteiger partial charge in [0.1, 0.15) is 12.1 Å². The van der Waals surface area contributed by atoms with Gasteiger partial charge in [-0.25, -0.2) is 4.79 Å². The Bertz CT molecular complexity index is 1910. The Labute approximate surface area is 342 Å². The van der Waals surface area contributed by atoms with Crippen LogP contribution < -0.4 is 10.2 Å². The van der Waals surface area contributed by atoms with Crippen LogP contribution in [0.5, 0.6) is 0 Å². The number of allylic oxidation sites excluding steroid dienone is 7. The van der Waals surface area contributed by atoms with Gasteiger partial charge in [0.15, 0.2) is 5.71 Å². The topological polar surface area (TPSA) is 77.3 Å². The second-order valence-electron chi connectivity index (χ2n) is 16.6. The number of rotatable bonds is 15. The third kappa shape index (κ3) is 9.74. The monoisotopic (exact) mass is 809 g/mol. The normalized spacial score (nSPS) is 19.0. The minimum Gasteiger partial charge on any atom is -0.691 e. The number of carbonyl (C=O) groups is 1. The van der Waals surface area contributed by atoms with Crippen LogP contribution in [-0.4, -0.2) is 52.8 Å². The highest BCUT2D eigenvalue weighted by Crippen LogP contribution is 2.49. The van der Waals surface area contributed by atoms with Crippen LogP contribution in [0.4, 0.5) is 16.2 Å². The summed E-state index contributed by atoms with van der Waals surface area (Å²) in [5.41, 5.74) is 8.96. The number of fused-ring (bicyclic) bond motifs is 2. The minimum atomic E-state index is -0.643. The van der Waals surface area contributed by atoms with Crippen LogP contribution in [0.2, 0.25) is 10.0 Å². The maximum absolute atomic E-state index is 13.7. The summed E-state index contributed by atoms with van der Waals surface area (Å²) in [6.45, 7) is 18.6. The summed E-state index contributed by atoms with van der Waals surface area (Å²) in [4.78, 5) is 17.7. The Morgan fingerprint density at radius 3 is 2.36 bits per heavy atom. The zero-order valence-corrected chi connectivity index (χ0v) is 36.2. The lowest BCUT2D eigenvalue weighted by Crippen LogP contribution is -2.34. The van der Waals surface area contributed by atoms with Crippen molar-refractivity contribution in [1.29, 1.82) is 0 Å². The van der Waals surface area contributed by atoms with E-state index < -0.39 is 5.60 Å². The first kappa shape index (κ1) is 43.1. The Morgan fingerprint density at radius 2 is 1.67 bits per heavy atom. The van der Waals surface area contributed by atoms with E-state index in [1.54, 1.807) is 4.90 Å². The van der Waals surface area contributed by atoms with Crippen LogP contribution in [0.3, 0.4) is 0 Å². The highest BCUT2D eigenvalue weighted by Gasteiger charge is 2.44. The summed E-state index contributed by atoms with van der Waals surface area (Å²) >= 11 is 14.1. The largest absolute Gasteiger partial charge is 0.691 e. The number of unbranched alkanes of at least 4 members (excludes halogenated alkanes) is 3. The quantitative estimate of drug-likeness (QED) is 0.0583. The van der Waals surface area contributed by atoms with Crippen molar-refractivity contribution in [2.45, 2.75) is 117 Å². The molecule has 0 aromatic heterocycles. The molecule has 2 aliphatic heterocycles. The number of benzene rings is 2. The fourth-order valence-electron chi connectivity index (χ4n) is 8.05. The molecule has 0 fully saturated rings. The summed E-state index contributed by atoms with van der Waals surface area (Å²) in [7, 11) is 1.81. The zero-order valence-electron chi connectivity index (χ0n) is 33.9. The molecule has 2 aromatic carbocycles. The average Bonchev–Trinajstić information content (AvgIpc) is 3.67. The van der Waals surface area contributed by atoms with Gasteiger partial charge in [-0.1, -0.05) is 68.6 Å². The molecule has 0 radical (unpaired) electrons. The molecule has 0 bridgehead atoms. The molecule has 0 unspecified atom stereocenters. The number of likely N-dealkylation sites (N-methyl/N-ethyl adjacent to an activating group) is 1. The smallest absolute Gasteiger partial charge is 0.414 e. The van der Waals surface area contributed by atoms with E-state index in [2.05, 4.69) is 96.0 Å². The van der Waals surface area contributed by atoms with E-state index >= 15 is 0 Å². The number of carbonyl (C=O) groups excluding carboxylic acids is 1. The molecule has 1 aliphatic carbocycles. The molecule has 55 heavy (non-hydrogen) atoms. The molecule has 0 atom stereocenters. The van der Waals surface area contributed by atoms with Crippen molar-refractivity contribution in [1.82, 2.24) is 4.90 Å². The van der Waals surface area contributed by atoms with Gasteiger partial charge in [0.2, 0.25) is 5.69 Å². The Balaban J connectivity index is 1.57. The summed E-state index contributed by atoms with van der Waals surface area (Å²) < 4.78 is 12.8. The number of ether oxygens (including phenoxy) is 1. The fraction of sp³-hybridized carbons (Fsp3) is 0.500. The third-order valence-corrected chi connectivity index (χ3v) is 11.9. The van der Waals surface area contributed by atoms with Crippen molar-refractivity contribution in [2.24, 2.45) is 0 Å². The number of amides is 1. The van der Waals surface area contributed by atoms with Gasteiger partial charge in [-0.15, -0.1) is 0 Å². The van der Waals surface area contributed by atoms with E-state index in [9.17, 15) is 10.1 Å². The van der Waals surface area contributed by atoms with Crippen LogP contribution in [0.25, 0.3) is 0 Å². The van der Waals surface area contributed by atoms with Crippen molar-refractivity contribution < 1.29 is 28.7 Å². The lowest BCUT2D eigenvalue weighted by molar-refractivity contribution is -0.777. The number of nitrogens with zero attached hydrogens (tertiary/aromatic N) is 3. The Hall–Kier alpha value is -3.05. The maximum Gasteiger partial charge on any atom is 0.414 e. The van der Waals surface area contributed by atoms with Crippen LogP contribution in [0, 0.1) is 0 Å². The molecular formula is C44H57Cl2N3O5S. The lowest BCUT2D eigenvalue weighted by Gasteiger charge is -2.28.